The number of aromatic nitrogens is 4. The van der Waals surface area contributed by atoms with Gasteiger partial charge >= 0.3 is 0 Å². The monoisotopic (exact) mass is 365 g/mol. The molecule has 136 valence electrons. The minimum atomic E-state index is -3.36. The largest absolute Gasteiger partial charge is 0.354 e. The fraction of sp³-hybridized carbons (Fsp3) is 0.533. The number of hydrogen-bond acceptors (Lipinski definition) is 6. The number of hydrogen-bond donors (Lipinski definition) is 0. The van der Waals surface area contributed by atoms with Crippen LogP contribution in [0.2, 0.25) is 0 Å². The lowest BCUT2D eigenvalue weighted by Gasteiger charge is -2.35. The number of piperazine rings is 1. The van der Waals surface area contributed by atoms with E-state index in [1.165, 1.54) is 14.9 Å². The highest BCUT2D eigenvalue weighted by Gasteiger charge is 2.29. The fourth-order valence-corrected chi connectivity index (χ4v) is 3.84. The van der Waals surface area contributed by atoms with Gasteiger partial charge < -0.3 is 4.90 Å². The van der Waals surface area contributed by atoms with Crippen LogP contribution in [-0.4, -0.2) is 76.8 Å². The van der Waals surface area contributed by atoms with E-state index < -0.39 is 10.2 Å². The Bertz CT molecular complexity index is 855. The Kier molecular flexibility index (Phi) is 4.76. The van der Waals surface area contributed by atoms with E-state index in [-0.39, 0.29) is 0 Å². The summed E-state index contributed by atoms with van der Waals surface area (Å²) >= 11 is 0. The molecular formula is C15H23N7O2S. The molecule has 1 aliphatic heterocycles. The van der Waals surface area contributed by atoms with E-state index in [0.717, 1.165) is 23.0 Å². The van der Waals surface area contributed by atoms with Crippen LogP contribution in [-0.2, 0) is 10.2 Å². The summed E-state index contributed by atoms with van der Waals surface area (Å²) in [6.07, 6.45) is 3.28. The average molecular weight is 365 g/mol. The zero-order chi connectivity index (χ0) is 18.2. The summed E-state index contributed by atoms with van der Waals surface area (Å²) < 4.78 is 29.1. The third-order valence-corrected chi connectivity index (χ3v) is 6.43. The molecule has 2 aromatic heterocycles. The summed E-state index contributed by atoms with van der Waals surface area (Å²) in [6.45, 7) is 6.00. The van der Waals surface area contributed by atoms with E-state index in [2.05, 4.69) is 19.9 Å². The van der Waals surface area contributed by atoms with Crippen molar-refractivity contribution in [3.05, 3.63) is 30.1 Å². The Balaban J connectivity index is 1.77. The van der Waals surface area contributed by atoms with Crippen LogP contribution >= 0.6 is 0 Å². The minimum Gasteiger partial charge on any atom is -0.354 e. The summed E-state index contributed by atoms with van der Waals surface area (Å²) in [4.78, 5) is 15.1. The second kappa shape index (κ2) is 6.70. The molecule has 0 unspecified atom stereocenters. The zero-order valence-electron chi connectivity index (χ0n) is 14.9. The van der Waals surface area contributed by atoms with Crippen LogP contribution in [0.3, 0.4) is 0 Å². The third kappa shape index (κ3) is 3.37. The molecule has 0 bridgehead atoms. The Morgan fingerprint density at radius 1 is 1.00 bits per heavy atom. The van der Waals surface area contributed by atoms with E-state index >= 15 is 0 Å². The van der Waals surface area contributed by atoms with Gasteiger partial charge in [0.2, 0.25) is 0 Å². The second-order valence-electron chi connectivity index (χ2n) is 6.20. The number of nitrogens with zero attached hydrogens (tertiary/aromatic N) is 7. The Hall–Kier alpha value is -2.04. The van der Waals surface area contributed by atoms with Gasteiger partial charge in [-0.2, -0.15) is 17.0 Å². The maximum Gasteiger partial charge on any atom is 0.281 e. The molecule has 0 radical (unpaired) electrons. The van der Waals surface area contributed by atoms with Crippen LogP contribution in [0, 0.1) is 13.8 Å². The van der Waals surface area contributed by atoms with Crippen LogP contribution in [0.15, 0.2) is 18.7 Å². The predicted octanol–water partition coefficient (Wildman–Crippen LogP) is 0.208. The van der Waals surface area contributed by atoms with Crippen molar-refractivity contribution in [3.8, 4) is 5.82 Å². The van der Waals surface area contributed by atoms with Crippen molar-refractivity contribution in [2.45, 2.75) is 13.8 Å². The number of imidazole rings is 1. The van der Waals surface area contributed by atoms with Gasteiger partial charge in [-0.3, -0.25) is 4.57 Å². The first-order valence-electron chi connectivity index (χ1n) is 8.06. The molecule has 0 atom stereocenters. The molecule has 0 saturated carbocycles. The van der Waals surface area contributed by atoms with Crippen LogP contribution < -0.4 is 4.90 Å². The molecule has 0 aliphatic carbocycles. The quantitative estimate of drug-likeness (QED) is 0.770. The van der Waals surface area contributed by atoms with Crippen molar-refractivity contribution >= 4 is 16.0 Å². The van der Waals surface area contributed by atoms with E-state index in [0.29, 0.717) is 26.2 Å². The van der Waals surface area contributed by atoms with Crippen LogP contribution in [0.1, 0.15) is 11.4 Å². The molecule has 1 aliphatic rings. The molecule has 3 rings (SSSR count). The predicted molar refractivity (Wildman–Crippen MR) is 95.0 cm³/mol. The molecule has 3 heterocycles. The van der Waals surface area contributed by atoms with Crippen LogP contribution in [0.25, 0.3) is 5.82 Å². The van der Waals surface area contributed by atoms with E-state index in [1.54, 1.807) is 20.4 Å². The minimum absolute atomic E-state index is 0.434. The maximum absolute atomic E-state index is 12.2. The summed E-state index contributed by atoms with van der Waals surface area (Å²) in [7, 11) is -0.266. The lowest BCUT2D eigenvalue weighted by atomic mass is 10.3. The van der Waals surface area contributed by atoms with Crippen LogP contribution in [0.4, 0.5) is 5.82 Å². The van der Waals surface area contributed by atoms with Gasteiger partial charge in [0.05, 0.1) is 5.69 Å². The molecule has 0 N–H and O–H groups in total. The lowest BCUT2D eigenvalue weighted by Crippen LogP contribution is -2.51. The van der Waals surface area contributed by atoms with Gasteiger partial charge in [-0.25, -0.2) is 15.0 Å². The maximum atomic E-state index is 12.2. The van der Waals surface area contributed by atoms with E-state index in [4.69, 9.17) is 0 Å². The van der Waals surface area contributed by atoms with Crippen molar-refractivity contribution in [1.82, 2.24) is 28.1 Å². The van der Waals surface area contributed by atoms with Gasteiger partial charge in [0.15, 0.2) is 0 Å². The van der Waals surface area contributed by atoms with Crippen molar-refractivity contribution in [2.24, 2.45) is 0 Å². The first kappa shape index (κ1) is 17.8. The molecule has 2 aromatic rings. The van der Waals surface area contributed by atoms with E-state index in [1.807, 2.05) is 24.5 Å². The summed E-state index contributed by atoms with van der Waals surface area (Å²) in [5.74, 6) is 1.55. The van der Waals surface area contributed by atoms with Crippen molar-refractivity contribution in [1.29, 1.82) is 0 Å². The van der Waals surface area contributed by atoms with Gasteiger partial charge in [0.1, 0.15) is 24.3 Å². The van der Waals surface area contributed by atoms with Gasteiger partial charge in [-0.15, -0.1) is 0 Å². The summed E-state index contributed by atoms with van der Waals surface area (Å²) in [5, 5.41) is 0. The van der Waals surface area contributed by atoms with Crippen molar-refractivity contribution < 1.29 is 8.42 Å². The SMILES string of the molecule is Cc1ncn(-c2cc(N3CCN(S(=O)(=O)N(C)C)CC3)ncn2)c1C. The highest BCUT2D eigenvalue weighted by atomic mass is 32.2. The fourth-order valence-electron chi connectivity index (χ4n) is 2.75. The molecule has 0 aromatic carbocycles. The standard InChI is InChI=1S/C15H23N7O2S/c1-12-13(2)22(11-18-12)15-9-14(16-10-17-15)20-5-7-21(8-6-20)25(23,24)19(3)4/h9-11H,5-8H2,1-4H3. The highest BCUT2D eigenvalue weighted by molar-refractivity contribution is 7.86. The molecular weight excluding hydrogens is 342 g/mol. The summed E-state index contributed by atoms with van der Waals surface area (Å²) in [6, 6.07) is 1.91. The molecule has 9 nitrogen and oxygen atoms in total. The summed E-state index contributed by atoms with van der Waals surface area (Å²) in [5.41, 5.74) is 1.99. The molecule has 0 spiro atoms. The molecule has 1 fully saturated rings. The van der Waals surface area contributed by atoms with E-state index in [9.17, 15) is 8.42 Å². The lowest BCUT2D eigenvalue weighted by molar-refractivity contribution is 0.355. The van der Waals surface area contributed by atoms with Crippen molar-refractivity contribution in [3.63, 3.8) is 0 Å². The zero-order valence-corrected chi connectivity index (χ0v) is 15.7. The average Bonchev–Trinajstić information content (AvgIpc) is 2.94. The molecule has 25 heavy (non-hydrogen) atoms. The number of anilines is 1. The van der Waals surface area contributed by atoms with Crippen LogP contribution in [0.5, 0.6) is 0 Å². The first-order chi connectivity index (χ1) is 11.8. The highest BCUT2D eigenvalue weighted by Crippen LogP contribution is 2.19. The first-order valence-corrected chi connectivity index (χ1v) is 9.46. The second-order valence-corrected chi connectivity index (χ2v) is 8.34. The number of aryl methyl sites for hydroxylation is 1. The topological polar surface area (TPSA) is 87.5 Å². The Morgan fingerprint density at radius 3 is 2.20 bits per heavy atom. The number of rotatable bonds is 4. The normalized spacial score (nSPS) is 16.6. The molecule has 1 saturated heterocycles. The van der Waals surface area contributed by atoms with Gasteiger partial charge in [-0.05, 0) is 13.8 Å². The van der Waals surface area contributed by atoms with Crippen molar-refractivity contribution in [2.75, 3.05) is 45.2 Å². The van der Waals surface area contributed by atoms with Gasteiger partial charge in [-0.1, -0.05) is 0 Å². The third-order valence-electron chi connectivity index (χ3n) is 4.49. The van der Waals surface area contributed by atoms with Gasteiger partial charge in [0, 0.05) is 52.0 Å². The molecule has 0 amide bonds. The smallest absolute Gasteiger partial charge is 0.281 e. The molecule has 10 heteroatoms. The van der Waals surface area contributed by atoms with Gasteiger partial charge in [0.25, 0.3) is 10.2 Å². The Labute approximate surface area is 148 Å². The Morgan fingerprint density at radius 2 is 1.64 bits per heavy atom.